The maximum Gasteiger partial charge on any atom is 0.302 e. The van der Waals surface area contributed by atoms with E-state index in [1.54, 1.807) is 18.2 Å². The minimum absolute atomic E-state index is 0.000632. The van der Waals surface area contributed by atoms with E-state index in [1.165, 1.54) is 24.5 Å². The molecule has 0 saturated carbocycles. The van der Waals surface area contributed by atoms with E-state index in [4.69, 9.17) is 14.0 Å². The Morgan fingerprint density at radius 2 is 1.82 bits per heavy atom. The second kappa shape index (κ2) is 8.06. The van der Waals surface area contributed by atoms with Crippen molar-refractivity contribution >= 4 is 27.9 Å². The molecule has 0 aliphatic heterocycles. The lowest BCUT2D eigenvalue weighted by Crippen LogP contribution is -2.26. The molecule has 1 aromatic carbocycles. The highest BCUT2D eigenvalue weighted by molar-refractivity contribution is 7.89. The number of oxazole rings is 1. The molecule has 3 aromatic rings. The van der Waals surface area contributed by atoms with Crippen LogP contribution < -0.4 is 15.8 Å². The van der Waals surface area contributed by atoms with Gasteiger partial charge in [-0.25, -0.2) is 13.6 Å². The van der Waals surface area contributed by atoms with Crippen molar-refractivity contribution in [1.82, 2.24) is 10.3 Å². The molecule has 146 valence electrons. The van der Waals surface area contributed by atoms with Gasteiger partial charge in [-0.2, -0.15) is 4.98 Å². The van der Waals surface area contributed by atoms with Crippen molar-refractivity contribution in [3.8, 4) is 0 Å². The lowest BCUT2D eigenvalue weighted by molar-refractivity contribution is 0.0947. The van der Waals surface area contributed by atoms with E-state index < -0.39 is 21.8 Å². The molecule has 10 nitrogen and oxygen atoms in total. The lowest BCUT2D eigenvalue weighted by atomic mass is 10.1. The highest BCUT2D eigenvalue weighted by atomic mass is 32.2. The Balaban J connectivity index is 1.50. The van der Waals surface area contributed by atoms with Gasteiger partial charge in [-0.1, -0.05) is 12.1 Å². The number of aromatic nitrogens is 1. The summed E-state index contributed by atoms with van der Waals surface area (Å²) < 4.78 is 32.4. The van der Waals surface area contributed by atoms with Crippen molar-refractivity contribution in [1.29, 1.82) is 0 Å². The summed E-state index contributed by atoms with van der Waals surface area (Å²) in [5.74, 6) is -0.956. The number of furan rings is 1. The van der Waals surface area contributed by atoms with Gasteiger partial charge in [0.05, 0.1) is 11.2 Å². The van der Waals surface area contributed by atoms with Crippen molar-refractivity contribution < 1.29 is 26.8 Å². The molecule has 0 aliphatic carbocycles. The van der Waals surface area contributed by atoms with Crippen LogP contribution in [0.4, 0.5) is 6.01 Å². The highest BCUT2D eigenvalue weighted by Gasteiger charge is 2.16. The number of hydrogen-bond acceptors (Lipinski definition) is 7. The van der Waals surface area contributed by atoms with E-state index in [1.807, 2.05) is 0 Å². The summed E-state index contributed by atoms with van der Waals surface area (Å²) in [6.07, 6.45) is 2.94. The zero-order chi connectivity index (χ0) is 20.1. The quantitative estimate of drug-likeness (QED) is 0.533. The number of carbonyl (C=O) groups is 2. The Bertz CT molecular complexity index is 1070. The molecule has 0 unspecified atom stereocenters. The highest BCUT2D eigenvalue weighted by Crippen LogP contribution is 2.11. The van der Waals surface area contributed by atoms with Gasteiger partial charge in [0, 0.05) is 6.54 Å². The molecule has 0 aliphatic rings. The molecule has 0 saturated heterocycles. The summed E-state index contributed by atoms with van der Waals surface area (Å²) in [5, 5.41) is 10.1. The second-order valence-corrected chi connectivity index (χ2v) is 7.23. The smallest absolute Gasteiger partial charge is 0.302 e. The number of rotatable bonds is 7. The summed E-state index contributed by atoms with van der Waals surface area (Å²) in [5.41, 5.74) is 0.818. The van der Waals surface area contributed by atoms with Crippen molar-refractivity contribution in [2.75, 3.05) is 11.9 Å². The van der Waals surface area contributed by atoms with Gasteiger partial charge in [0.25, 0.3) is 11.8 Å². The van der Waals surface area contributed by atoms with E-state index >= 15 is 0 Å². The number of benzene rings is 1. The molecule has 0 radical (unpaired) electrons. The summed E-state index contributed by atoms with van der Waals surface area (Å²) in [6, 6.07) is 8.93. The first-order valence-electron chi connectivity index (χ1n) is 8.03. The first-order valence-corrected chi connectivity index (χ1v) is 9.58. The van der Waals surface area contributed by atoms with Crippen LogP contribution in [0.25, 0.3) is 0 Å². The minimum atomic E-state index is -3.73. The van der Waals surface area contributed by atoms with Crippen LogP contribution in [0.3, 0.4) is 0 Å². The van der Waals surface area contributed by atoms with Crippen molar-refractivity contribution in [3.05, 3.63) is 65.9 Å². The number of nitrogens with zero attached hydrogens (tertiary/aromatic N) is 1. The largest absolute Gasteiger partial charge is 0.459 e. The number of hydrogen-bond donors (Lipinski definition) is 3. The van der Waals surface area contributed by atoms with Gasteiger partial charge in [0.1, 0.15) is 6.26 Å². The predicted octanol–water partition coefficient (Wildman–Crippen LogP) is 1.14. The van der Waals surface area contributed by atoms with Gasteiger partial charge >= 0.3 is 6.01 Å². The van der Waals surface area contributed by atoms with Crippen LogP contribution in [0.15, 0.2) is 62.7 Å². The fourth-order valence-electron chi connectivity index (χ4n) is 2.26. The normalized spacial score (nSPS) is 11.2. The number of amides is 2. The summed E-state index contributed by atoms with van der Waals surface area (Å²) in [7, 11) is -3.73. The molecule has 4 N–H and O–H groups in total. The SMILES string of the molecule is NS(=O)(=O)c1ccc(CCNC(=O)c2coc(NC(=O)c3ccco3)n2)cc1. The lowest BCUT2D eigenvalue weighted by Gasteiger charge is -2.04. The van der Waals surface area contributed by atoms with Gasteiger partial charge < -0.3 is 14.2 Å². The van der Waals surface area contributed by atoms with Crippen LogP contribution in [-0.2, 0) is 16.4 Å². The van der Waals surface area contributed by atoms with E-state index in [9.17, 15) is 18.0 Å². The standard InChI is InChI=1S/C17H16N4O6S/c18-28(24,25)12-5-3-11(4-6-12)7-8-19-15(22)13-10-27-17(20-13)21-16(23)14-2-1-9-26-14/h1-6,9-10H,7-8H2,(H,19,22)(H2,18,24,25)(H,20,21,23). The Hall–Kier alpha value is -3.44. The minimum Gasteiger partial charge on any atom is -0.459 e. The van der Waals surface area contributed by atoms with Gasteiger partial charge in [-0.15, -0.1) is 0 Å². The fourth-order valence-corrected chi connectivity index (χ4v) is 2.77. The van der Waals surface area contributed by atoms with Crippen molar-refractivity contribution in [2.45, 2.75) is 11.3 Å². The zero-order valence-electron chi connectivity index (χ0n) is 14.4. The predicted molar refractivity (Wildman–Crippen MR) is 97.0 cm³/mol. The van der Waals surface area contributed by atoms with E-state index in [0.29, 0.717) is 6.42 Å². The fraction of sp³-hybridized carbons (Fsp3) is 0.118. The molecule has 2 heterocycles. The number of anilines is 1. The molecular weight excluding hydrogens is 388 g/mol. The second-order valence-electron chi connectivity index (χ2n) is 5.66. The van der Waals surface area contributed by atoms with Crippen LogP contribution in [-0.4, -0.2) is 31.8 Å². The Labute approximate surface area is 159 Å². The van der Waals surface area contributed by atoms with Crippen LogP contribution >= 0.6 is 0 Å². The van der Waals surface area contributed by atoms with Gasteiger partial charge in [0.2, 0.25) is 10.0 Å². The van der Waals surface area contributed by atoms with E-state index in [-0.39, 0.29) is 28.9 Å². The summed E-state index contributed by atoms with van der Waals surface area (Å²) in [6.45, 7) is 0.286. The third kappa shape index (κ3) is 4.84. The molecule has 0 bridgehead atoms. The molecule has 2 aromatic heterocycles. The average molecular weight is 404 g/mol. The van der Waals surface area contributed by atoms with Crippen LogP contribution in [0.2, 0.25) is 0 Å². The number of primary sulfonamides is 1. The first kappa shape index (κ1) is 19.3. The number of sulfonamides is 1. The topological polar surface area (TPSA) is 158 Å². The molecule has 0 spiro atoms. The number of nitrogens with one attached hydrogen (secondary N) is 2. The summed E-state index contributed by atoms with van der Waals surface area (Å²) >= 11 is 0. The average Bonchev–Trinajstić information content (AvgIpc) is 3.33. The Kier molecular flexibility index (Phi) is 5.57. The molecule has 0 atom stereocenters. The number of nitrogens with two attached hydrogens (primary N) is 1. The van der Waals surface area contributed by atoms with Crippen LogP contribution in [0.1, 0.15) is 26.6 Å². The van der Waals surface area contributed by atoms with Gasteiger partial charge in [-0.05, 0) is 36.2 Å². The third-order valence-corrected chi connectivity index (χ3v) is 4.58. The van der Waals surface area contributed by atoms with Crippen molar-refractivity contribution in [3.63, 3.8) is 0 Å². The third-order valence-electron chi connectivity index (χ3n) is 3.65. The molecular formula is C17H16N4O6S. The number of carbonyl (C=O) groups excluding carboxylic acids is 2. The molecule has 2 amide bonds. The molecule has 11 heteroatoms. The maximum atomic E-state index is 12.1. The van der Waals surface area contributed by atoms with Crippen molar-refractivity contribution in [2.24, 2.45) is 5.14 Å². The molecule has 0 fully saturated rings. The maximum absolute atomic E-state index is 12.1. The van der Waals surface area contributed by atoms with Crippen LogP contribution in [0.5, 0.6) is 0 Å². The molecule has 3 rings (SSSR count). The monoisotopic (exact) mass is 404 g/mol. The molecule has 28 heavy (non-hydrogen) atoms. The first-order chi connectivity index (χ1) is 13.3. The van der Waals surface area contributed by atoms with E-state index in [2.05, 4.69) is 15.6 Å². The van der Waals surface area contributed by atoms with Gasteiger partial charge in [0.15, 0.2) is 11.5 Å². The van der Waals surface area contributed by atoms with Crippen LogP contribution in [0, 0.1) is 0 Å². The van der Waals surface area contributed by atoms with Gasteiger partial charge in [-0.3, -0.25) is 14.9 Å². The zero-order valence-corrected chi connectivity index (χ0v) is 15.2. The summed E-state index contributed by atoms with van der Waals surface area (Å²) in [4.78, 5) is 27.8. The Morgan fingerprint density at radius 1 is 1.07 bits per heavy atom. The Morgan fingerprint density at radius 3 is 2.46 bits per heavy atom. The van der Waals surface area contributed by atoms with E-state index in [0.717, 1.165) is 11.8 Å².